The first kappa shape index (κ1) is 15.5. The van der Waals surface area contributed by atoms with Crippen molar-refractivity contribution in [3.05, 3.63) is 0 Å². The summed E-state index contributed by atoms with van der Waals surface area (Å²) < 4.78 is 6.02. The molecule has 2 aliphatic heterocycles. The smallest absolute Gasteiger partial charge is 0.0718 e. The number of piperidine rings is 1. The van der Waals surface area contributed by atoms with E-state index < -0.39 is 0 Å². The second-order valence-corrected chi connectivity index (χ2v) is 4.28. The predicted octanol–water partition coefficient (Wildman–Crippen LogP) is 1.30. The van der Waals surface area contributed by atoms with Crippen LogP contribution >= 0.6 is 24.8 Å². The summed E-state index contributed by atoms with van der Waals surface area (Å²) >= 11 is 0. The van der Waals surface area contributed by atoms with Crippen LogP contribution in [0.2, 0.25) is 0 Å². The molecule has 2 aliphatic rings. The van der Waals surface area contributed by atoms with Crippen molar-refractivity contribution in [3.8, 4) is 0 Å². The summed E-state index contributed by atoms with van der Waals surface area (Å²) in [5.74, 6) is 0. The summed E-state index contributed by atoms with van der Waals surface area (Å²) in [4.78, 5) is 2.35. The molecule has 2 fully saturated rings. The fraction of sp³-hybridized carbons (Fsp3) is 1.00. The van der Waals surface area contributed by atoms with E-state index in [9.17, 15) is 0 Å². The van der Waals surface area contributed by atoms with Gasteiger partial charge in [-0.1, -0.05) is 0 Å². The number of likely N-dealkylation sites (tertiary alicyclic amines) is 1. The van der Waals surface area contributed by atoms with E-state index in [0.717, 1.165) is 13.1 Å². The maximum absolute atomic E-state index is 6.02. The lowest BCUT2D eigenvalue weighted by Crippen LogP contribution is -2.38. The van der Waals surface area contributed by atoms with Gasteiger partial charge in [-0.25, -0.2) is 0 Å². The third-order valence-corrected chi connectivity index (χ3v) is 2.98. The molecule has 2 rings (SSSR count). The Kier molecular flexibility index (Phi) is 7.92. The molecule has 2 heterocycles. The molecule has 0 aliphatic carbocycles. The maximum atomic E-state index is 6.02. The monoisotopic (exact) mass is 256 g/mol. The number of hydrogen-bond donors (Lipinski definition) is 1. The molecule has 0 spiro atoms. The van der Waals surface area contributed by atoms with Crippen molar-refractivity contribution in [3.63, 3.8) is 0 Å². The van der Waals surface area contributed by atoms with Gasteiger partial charge in [0.2, 0.25) is 0 Å². The third kappa shape index (κ3) is 4.87. The Morgan fingerprint density at radius 3 is 2.53 bits per heavy atom. The Morgan fingerprint density at radius 2 is 2.00 bits per heavy atom. The molecule has 0 aromatic carbocycles. The van der Waals surface area contributed by atoms with Crippen molar-refractivity contribution in [2.45, 2.75) is 31.5 Å². The van der Waals surface area contributed by atoms with Crippen molar-refractivity contribution in [2.24, 2.45) is 0 Å². The quantitative estimate of drug-likeness (QED) is 0.807. The molecule has 1 unspecified atom stereocenters. The second kappa shape index (κ2) is 7.69. The minimum Gasteiger partial charge on any atom is -0.372 e. The van der Waals surface area contributed by atoms with E-state index >= 15 is 0 Å². The largest absolute Gasteiger partial charge is 0.372 e. The molecule has 0 radical (unpaired) electrons. The molecule has 2 atom stereocenters. The number of rotatable bonds is 2. The molecule has 2 saturated heterocycles. The average Bonchev–Trinajstić information content (AvgIpc) is 2.53. The summed E-state index contributed by atoms with van der Waals surface area (Å²) in [7, 11) is 2.17. The van der Waals surface area contributed by atoms with Gasteiger partial charge in [0.15, 0.2) is 0 Å². The summed E-state index contributed by atoms with van der Waals surface area (Å²) in [5, 5.41) is 3.38. The van der Waals surface area contributed by atoms with Gasteiger partial charge in [0.25, 0.3) is 0 Å². The SMILES string of the molecule is CN1CC[C@H](OC2CCCNC2)C1.Cl.Cl. The Balaban J connectivity index is 0.000000980. The molecule has 3 nitrogen and oxygen atoms in total. The van der Waals surface area contributed by atoms with Crippen LogP contribution in [0.3, 0.4) is 0 Å². The number of nitrogens with one attached hydrogen (secondary N) is 1. The van der Waals surface area contributed by atoms with Crippen LogP contribution in [0.1, 0.15) is 19.3 Å². The number of hydrogen-bond acceptors (Lipinski definition) is 3. The molecule has 1 N–H and O–H groups in total. The lowest BCUT2D eigenvalue weighted by atomic mass is 10.1. The van der Waals surface area contributed by atoms with E-state index in [1.54, 1.807) is 0 Å². The molecule has 0 aromatic rings. The second-order valence-electron chi connectivity index (χ2n) is 4.28. The van der Waals surface area contributed by atoms with Crippen LogP contribution in [-0.2, 0) is 4.74 Å². The fourth-order valence-corrected chi connectivity index (χ4v) is 2.21. The molecule has 0 saturated carbocycles. The van der Waals surface area contributed by atoms with Gasteiger partial charge in [-0.3, -0.25) is 0 Å². The number of nitrogens with zero attached hydrogens (tertiary/aromatic N) is 1. The van der Waals surface area contributed by atoms with Crippen LogP contribution < -0.4 is 5.32 Å². The van der Waals surface area contributed by atoms with E-state index in [1.165, 1.54) is 32.4 Å². The van der Waals surface area contributed by atoms with E-state index in [-0.39, 0.29) is 24.8 Å². The summed E-state index contributed by atoms with van der Waals surface area (Å²) in [6.07, 6.45) is 4.70. The van der Waals surface area contributed by atoms with E-state index in [0.29, 0.717) is 12.2 Å². The van der Waals surface area contributed by atoms with Crippen LogP contribution in [0.5, 0.6) is 0 Å². The Labute approximate surface area is 105 Å². The highest BCUT2D eigenvalue weighted by Gasteiger charge is 2.24. The lowest BCUT2D eigenvalue weighted by Gasteiger charge is -2.26. The Morgan fingerprint density at radius 1 is 1.20 bits per heavy atom. The maximum Gasteiger partial charge on any atom is 0.0718 e. The Bertz CT molecular complexity index is 163. The molecule has 5 heteroatoms. The zero-order valence-corrected chi connectivity index (χ0v) is 10.9. The molecule has 92 valence electrons. The highest BCUT2D eigenvalue weighted by atomic mass is 35.5. The van der Waals surface area contributed by atoms with Crippen LogP contribution in [0, 0.1) is 0 Å². The zero-order chi connectivity index (χ0) is 9.10. The summed E-state index contributed by atoms with van der Waals surface area (Å²) in [6.45, 7) is 4.55. The van der Waals surface area contributed by atoms with Gasteiger partial charge in [-0.15, -0.1) is 24.8 Å². The first-order chi connectivity index (χ1) is 6.34. The lowest BCUT2D eigenvalue weighted by molar-refractivity contribution is -0.0162. The van der Waals surface area contributed by atoms with Gasteiger partial charge in [0, 0.05) is 19.6 Å². The van der Waals surface area contributed by atoms with Crippen molar-refractivity contribution < 1.29 is 4.74 Å². The minimum atomic E-state index is 0. The molecule has 0 aromatic heterocycles. The molecule has 0 bridgehead atoms. The molecule has 0 amide bonds. The van der Waals surface area contributed by atoms with Crippen LogP contribution in [0.25, 0.3) is 0 Å². The van der Waals surface area contributed by atoms with Crippen molar-refractivity contribution in [2.75, 3.05) is 33.2 Å². The van der Waals surface area contributed by atoms with E-state index in [2.05, 4.69) is 17.3 Å². The van der Waals surface area contributed by atoms with Gasteiger partial charge in [-0.05, 0) is 32.9 Å². The number of halogens is 2. The summed E-state index contributed by atoms with van der Waals surface area (Å²) in [6, 6.07) is 0. The normalized spacial score (nSPS) is 31.8. The average molecular weight is 257 g/mol. The molecular weight excluding hydrogens is 235 g/mol. The highest BCUT2D eigenvalue weighted by Crippen LogP contribution is 2.15. The molecule has 15 heavy (non-hydrogen) atoms. The first-order valence-electron chi connectivity index (χ1n) is 5.39. The third-order valence-electron chi connectivity index (χ3n) is 2.98. The number of likely N-dealkylation sites (N-methyl/N-ethyl adjacent to an activating group) is 1. The van der Waals surface area contributed by atoms with Gasteiger partial charge in [0.05, 0.1) is 12.2 Å². The Hall–Kier alpha value is 0.460. The van der Waals surface area contributed by atoms with Crippen molar-refractivity contribution >= 4 is 24.8 Å². The zero-order valence-electron chi connectivity index (χ0n) is 9.28. The predicted molar refractivity (Wildman–Crippen MR) is 67.4 cm³/mol. The minimum absolute atomic E-state index is 0. The highest BCUT2D eigenvalue weighted by molar-refractivity contribution is 5.85. The van der Waals surface area contributed by atoms with Crippen LogP contribution in [0.4, 0.5) is 0 Å². The van der Waals surface area contributed by atoms with Gasteiger partial charge in [-0.2, -0.15) is 0 Å². The topological polar surface area (TPSA) is 24.5 Å². The van der Waals surface area contributed by atoms with Crippen LogP contribution in [-0.4, -0.2) is 50.3 Å². The van der Waals surface area contributed by atoms with Gasteiger partial charge >= 0.3 is 0 Å². The van der Waals surface area contributed by atoms with Crippen molar-refractivity contribution in [1.29, 1.82) is 0 Å². The number of ether oxygens (including phenoxy) is 1. The first-order valence-corrected chi connectivity index (χ1v) is 5.39. The van der Waals surface area contributed by atoms with Gasteiger partial charge < -0.3 is 15.0 Å². The fourth-order valence-electron chi connectivity index (χ4n) is 2.21. The van der Waals surface area contributed by atoms with Crippen LogP contribution in [0.15, 0.2) is 0 Å². The van der Waals surface area contributed by atoms with E-state index in [1.807, 2.05) is 0 Å². The van der Waals surface area contributed by atoms with Crippen molar-refractivity contribution in [1.82, 2.24) is 10.2 Å². The standard InChI is InChI=1S/C10H20N2O.2ClH/c1-12-6-4-10(8-12)13-9-3-2-5-11-7-9;;/h9-11H,2-8H2,1H3;2*1H/t9?,10-;;/m0../s1. The summed E-state index contributed by atoms with van der Waals surface area (Å²) in [5.41, 5.74) is 0. The van der Waals surface area contributed by atoms with E-state index in [4.69, 9.17) is 4.74 Å². The van der Waals surface area contributed by atoms with Gasteiger partial charge in [0.1, 0.15) is 0 Å². The molecular formula is C10H22Cl2N2O.